The van der Waals surface area contributed by atoms with E-state index in [2.05, 4.69) is 21.2 Å². The molecule has 4 rings (SSSR count). The van der Waals surface area contributed by atoms with Gasteiger partial charge in [0, 0.05) is 10.0 Å². The Bertz CT molecular complexity index is 1170. The van der Waals surface area contributed by atoms with Crippen LogP contribution in [0.15, 0.2) is 88.9 Å². The van der Waals surface area contributed by atoms with Gasteiger partial charge in [-0.1, -0.05) is 64.5 Å². The zero-order valence-corrected chi connectivity index (χ0v) is 17.8. The molecule has 1 aliphatic heterocycles. The van der Waals surface area contributed by atoms with Crippen molar-refractivity contribution in [2.45, 2.75) is 6.61 Å². The average molecular weight is 477 g/mol. The summed E-state index contributed by atoms with van der Waals surface area (Å²) in [4.78, 5) is 38.8. The minimum atomic E-state index is -0.789. The van der Waals surface area contributed by atoms with Crippen LogP contribution >= 0.6 is 15.9 Å². The monoisotopic (exact) mass is 476 g/mol. The molecule has 1 saturated heterocycles. The van der Waals surface area contributed by atoms with E-state index in [1.54, 1.807) is 42.5 Å². The van der Waals surface area contributed by atoms with E-state index >= 15 is 0 Å². The molecule has 3 aromatic rings. The van der Waals surface area contributed by atoms with Gasteiger partial charge in [0.1, 0.15) is 17.9 Å². The van der Waals surface area contributed by atoms with Gasteiger partial charge in [-0.05, 0) is 42.0 Å². The molecule has 3 aromatic carbocycles. The van der Waals surface area contributed by atoms with Crippen LogP contribution in [0.3, 0.4) is 0 Å². The number of urea groups is 1. The molecule has 0 atom stereocenters. The topological polar surface area (TPSA) is 75.7 Å². The summed E-state index contributed by atoms with van der Waals surface area (Å²) in [6, 6.07) is 22.6. The summed E-state index contributed by atoms with van der Waals surface area (Å²) in [6.45, 7) is 0.338. The third kappa shape index (κ3) is 4.57. The number of amides is 4. The average Bonchev–Trinajstić information content (AvgIpc) is 2.78. The quantitative estimate of drug-likeness (QED) is 0.427. The zero-order valence-electron chi connectivity index (χ0n) is 16.2. The van der Waals surface area contributed by atoms with E-state index in [0.29, 0.717) is 23.6 Å². The largest absolute Gasteiger partial charge is 0.488 e. The number of ether oxygens (including phenoxy) is 1. The van der Waals surface area contributed by atoms with Crippen molar-refractivity contribution >= 4 is 45.5 Å². The van der Waals surface area contributed by atoms with Gasteiger partial charge in [0.2, 0.25) is 0 Å². The van der Waals surface area contributed by atoms with Crippen molar-refractivity contribution in [1.82, 2.24) is 5.32 Å². The Kier molecular flexibility index (Phi) is 5.95. The third-order valence-electron chi connectivity index (χ3n) is 4.64. The predicted molar refractivity (Wildman–Crippen MR) is 120 cm³/mol. The fraction of sp³-hybridized carbons (Fsp3) is 0.0417. The number of hydrogen-bond acceptors (Lipinski definition) is 4. The van der Waals surface area contributed by atoms with Gasteiger partial charge in [-0.3, -0.25) is 14.9 Å². The number of rotatable bonds is 5. The Balaban J connectivity index is 1.64. The lowest BCUT2D eigenvalue weighted by Gasteiger charge is -2.26. The van der Waals surface area contributed by atoms with Crippen molar-refractivity contribution in [2.75, 3.05) is 4.90 Å². The molecule has 0 saturated carbocycles. The van der Waals surface area contributed by atoms with Gasteiger partial charge < -0.3 is 4.74 Å². The second-order valence-corrected chi connectivity index (χ2v) is 7.66. The first-order valence-corrected chi connectivity index (χ1v) is 10.2. The molecule has 1 heterocycles. The third-order valence-corrected chi connectivity index (χ3v) is 5.17. The van der Waals surface area contributed by atoms with Crippen LogP contribution in [-0.2, 0) is 16.2 Å². The second kappa shape index (κ2) is 8.97. The van der Waals surface area contributed by atoms with Crippen LogP contribution in [0.2, 0.25) is 0 Å². The first-order chi connectivity index (χ1) is 15.0. The fourth-order valence-electron chi connectivity index (χ4n) is 3.10. The lowest BCUT2D eigenvalue weighted by molar-refractivity contribution is -0.122. The Morgan fingerprint density at radius 3 is 2.29 bits per heavy atom. The van der Waals surface area contributed by atoms with Crippen LogP contribution in [0.25, 0.3) is 6.08 Å². The van der Waals surface area contributed by atoms with Crippen molar-refractivity contribution in [3.05, 3.63) is 100 Å². The van der Waals surface area contributed by atoms with E-state index in [1.807, 2.05) is 36.4 Å². The van der Waals surface area contributed by atoms with Crippen LogP contribution in [0.5, 0.6) is 5.75 Å². The van der Waals surface area contributed by atoms with Gasteiger partial charge in [-0.25, -0.2) is 9.69 Å². The van der Waals surface area contributed by atoms with Crippen molar-refractivity contribution in [1.29, 1.82) is 0 Å². The molecule has 1 N–H and O–H groups in total. The van der Waals surface area contributed by atoms with Crippen molar-refractivity contribution in [3.63, 3.8) is 0 Å². The van der Waals surface area contributed by atoms with Crippen molar-refractivity contribution in [2.24, 2.45) is 0 Å². The van der Waals surface area contributed by atoms with Crippen molar-refractivity contribution in [3.8, 4) is 5.75 Å². The summed E-state index contributed by atoms with van der Waals surface area (Å²) in [5.74, 6) is -0.929. The van der Waals surface area contributed by atoms with Crippen LogP contribution < -0.4 is 15.0 Å². The van der Waals surface area contributed by atoms with Gasteiger partial charge in [-0.2, -0.15) is 0 Å². The standard InChI is InChI=1S/C24H17BrN2O4/c25-18-10-12-19(13-11-18)27-23(29)20(22(28)26-24(27)30)14-17-8-4-5-9-21(17)31-15-16-6-2-1-3-7-16/h1-14H,15H2,(H,26,28,30)/b20-14+. The highest BCUT2D eigenvalue weighted by atomic mass is 79.9. The van der Waals surface area contributed by atoms with E-state index in [-0.39, 0.29) is 5.57 Å². The number of hydrogen-bond donors (Lipinski definition) is 1. The fourth-order valence-corrected chi connectivity index (χ4v) is 3.37. The lowest BCUT2D eigenvalue weighted by Crippen LogP contribution is -2.54. The number of carbonyl (C=O) groups excluding carboxylic acids is 3. The molecule has 0 aromatic heterocycles. The molecule has 0 spiro atoms. The number of para-hydroxylation sites is 1. The molecular weight excluding hydrogens is 460 g/mol. The summed E-state index contributed by atoms with van der Waals surface area (Å²) in [5.41, 5.74) is 1.75. The molecule has 4 amide bonds. The number of nitrogens with zero attached hydrogens (tertiary/aromatic N) is 1. The SMILES string of the molecule is O=C1NC(=O)N(c2ccc(Br)cc2)C(=O)/C1=C/c1ccccc1OCc1ccccc1. The van der Waals surface area contributed by atoms with Crippen LogP contribution in [0.4, 0.5) is 10.5 Å². The number of barbiturate groups is 1. The predicted octanol–water partition coefficient (Wildman–Crippen LogP) is 4.69. The summed E-state index contributed by atoms with van der Waals surface area (Å²) in [5, 5.41) is 2.23. The maximum atomic E-state index is 13.1. The highest BCUT2D eigenvalue weighted by Gasteiger charge is 2.36. The smallest absolute Gasteiger partial charge is 0.335 e. The molecule has 6 nitrogen and oxygen atoms in total. The Morgan fingerprint density at radius 1 is 0.871 bits per heavy atom. The number of imide groups is 2. The number of benzene rings is 3. The normalized spacial score (nSPS) is 15.2. The number of nitrogens with one attached hydrogen (secondary N) is 1. The van der Waals surface area contributed by atoms with Gasteiger partial charge in [0.15, 0.2) is 0 Å². The molecule has 1 aliphatic rings. The Morgan fingerprint density at radius 2 is 1.55 bits per heavy atom. The molecule has 1 fully saturated rings. The van der Waals surface area contributed by atoms with Gasteiger partial charge >= 0.3 is 6.03 Å². The number of anilines is 1. The maximum Gasteiger partial charge on any atom is 0.335 e. The highest BCUT2D eigenvalue weighted by molar-refractivity contribution is 9.10. The van der Waals surface area contributed by atoms with Gasteiger partial charge in [0.25, 0.3) is 11.8 Å². The van der Waals surface area contributed by atoms with Gasteiger partial charge in [-0.15, -0.1) is 0 Å². The van der Waals surface area contributed by atoms with E-state index in [1.165, 1.54) is 6.08 Å². The highest BCUT2D eigenvalue weighted by Crippen LogP contribution is 2.26. The second-order valence-electron chi connectivity index (χ2n) is 6.75. The molecule has 0 radical (unpaired) electrons. The van der Waals surface area contributed by atoms with E-state index in [0.717, 1.165) is 14.9 Å². The molecular formula is C24H17BrN2O4. The molecule has 0 aliphatic carbocycles. The van der Waals surface area contributed by atoms with Gasteiger partial charge in [0.05, 0.1) is 5.69 Å². The molecule has 154 valence electrons. The minimum Gasteiger partial charge on any atom is -0.488 e. The first kappa shape index (κ1) is 20.6. The molecule has 31 heavy (non-hydrogen) atoms. The summed E-state index contributed by atoms with van der Waals surface area (Å²) >= 11 is 3.32. The maximum absolute atomic E-state index is 13.1. The summed E-state index contributed by atoms with van der Waals surface area (Å²) < 4.78 is 6.71. The minimum absolute atomic E-state index is 0.154. The number of halogens is 1. The van der Waals surface area contributed by atoms with Crippen LogP contribution in [0, 0.1) is 0 Å². The molecule has 0 bridgehead atoms. The number of carbonyl (C=O) groups is 3. The van der Waals surface area contributed by atoms with Crippen molar-refractivity contribution < 1.29 is 19.1 Å². The summed E-state index contributed by atoms with van der Waals surface area (Å²) in [7, 11) is 0. The van der Waals surface area contributed by atoms with E-state index in [4.69, 9.17) is 4.74 Å². The summed E-state index contributed by atoms with van der Waals surface area (Å²) in [6.07, 6.45) is 1.44. The molecule has 0 unspecified atom stereocenters. The zero-order chi connectivity index (χ0) is 21.8. The Labute approximate surface area is 187 Å². The van der Waals surface area contributed by atoms with E-state index in [9.17, 15) is 14.4 Å². The van der Waals surface area contributed by atoms with Crippen LogP contribution in [0.1, 0.15) is 11.1 Å². The lowest BCUT2D eigenvalue weighted by atomic mass is 10.1. The molecule has 7 heteroatoms. The van der Waals surface area contributed by atoms with E-state index < -0.39 is 17.8 Å². The van der Waals surface area contributed by atoms with Crippen LogP contribution in [-0.4, -0.2) is 17.8 Å². The Hall–Kier alpha value is -3.71. The first-order valence-electron chi connectivity index (χ1n) is 9.46.